The Morgan fingerprint density at radius 1 is 1.12 bits per heavy atom. The van der Waals surface area contributed by atoms with Gasteiger partial charge in [-0.3, -0.25) is 4.79 Å². The minimum absolute atomic E-state index is 0.0397. The summed E-state index contributed by atoms with van der Waals surface area (Å²) in [5.74, 6) is 2.16. The number of hydrogen-bond donors (Lipinski definition) is 1. The highest BCUT2D eigenvalue weighted by Crippen LogP contribution is 2.25. The van der Waals surface area contributed by atoms with Crippen LogP contribution in [0.5, 0.6) is 0 Å². The third kappa shape index (κ3) is 6.58. The number of benzene rings is 2. The van der Waals surface area contributed by atoms with Gasteiger partial charge in [0.1, 0.15) is 0 Å². The summed E-state index contributed by atoms with van der Waals surface area (Å²) in [5.41, 5.74) is 3.27. The Bertz CT molecular complexity index is 703. The normalized spacial score (nSPS) is 12.0. The number of amides is 1. The van der Waals surface area contributed by atoms with Gasteiger partial charge < -0.3 is 5.32 Å². The van der Waals surface area contributed by atoms with Gasteiger partial charge in [0, 0.05) is 23.6 Å². The zero-order valence-corrected chi connectivity index (χ0v) is 16.8. The molecular formula is C20H23Cl2NOS. The summed E-state index contributed by atoms with van der Waals surface area (Å²) in [7, 11) is 0. The lowest BCUT2D eigenvalue weighted by Gasteiger charge is -2.10. The summed E-state index contributed by atoms with van der Waals surface area (Å²) >= 11 is 13.6. The van der Waals surface area contributed by atoms with Gasteiger partial charge in [-0.2, -0.15) is 11.8 Å². The molecule has 0 heterocycles. The van der Waals surface area contributed by atoms with Crippen LogP contribution >= 0.6 is 35.0 Å². The maximum Gasteiger partial charge on any atom is 0.225 e. The van der Waals surface area contributed by atoms with Gasteiger partial charge in [0.15, 0.2) is 0 Å². The Morgan fingerprint density at radius 3 is 2.48 bits per heavy atom. The quantitative estimate of drug-likeness (QED) is 0.499. The number of halogens is 2. The molecular weight excluding hydrogens is 373 g/mol. The van der Waals surface area contributed by atoms with E-state index in [0.29, 0.717) is 22.4 Å². The topological polar surface area (TPSA) is 29.1 Å². The SMILES string of the molecule is CC[C@@H](C)c1ccc(NC(=O)CCSCc2ccc(Cl)c(Cl)c2)cc1. The molecule has 0 aromatic heterocycles. The molecule has 0 aliphatic carbocycles. The van der Waals surface area contributed by atoms with E-state index < -0.39 is 0 Å². The van der Waals surface area contributed by atoms with Crippen molar-refractivity contribution in [1.29, 1.82) is 0 Å². The first kappa shape index (κ1) is 20.2. The van der Waals surface area contributed by atoms with Crippen LogP contribution in [0.4, 0.5) is 5.69 Å². The molecule has 2 nitrogen and oxygen atoms in total. The third-order valence-corrected chi connectivity index (χ3v) is 5.87. The summed E-state index contributed by atoms with van der Waals surface area (Å²) < 4.78 is 0. The van der Waals surface area contributed by atoms with Crippen molar-refractivity contribution in [3.05, 3.63) is 63.6 Å². The van der Waals surface area contributed by atoms with E-state index in [9.17, 15) is 4.79 Å². The van der Waals surface area contributed by atoms with Gasteiger partial charge >= 0.3 is 0 Å². The zero-order valence-electron chi connectivity index (χ0n) is 14.5. The number of anilines is 1. The molecule has 2 aromatic carbocycles. The standard InChI is InChI=1S/C20H23Cl2NOS/c1-3-14(2)16-5-7-17(8-6-16)23-20(24)10-11-25-13-15-4-9-18(21)19(22)12-15/h4-9,12,14H,3,10-11,13H2,1-2H3,(H,23,24)/t14-/m1/s1. The van der Waals surface area contributed by atoms with Crippen molar-refractivity contribution >= 4 is 46.6 Å². The molecule has 1 atom stereocenters. The van der Waals surface area contributed by atoms with Gasteiger partial charge in [-0.15, -0.1) is 0 Å². The highest BCUT2D eigenvalue weighted by molar-refractivity contribution is 7.98. The number of thioether (sulfide) groups is 1. The molecule has 0 bridgehead atoms. The van der Waals surface area contributed by atoms with Crippen molar-refractivity contribution in [2.75, 3.05) is 11.1 Å². The summed E-state index contributed by atoms with van der Waals surface area (Å²) in [5, 5.41) is 4.08. The average molecular weight is 396 g/mol. The Morgan fingerprint density at radius 2 is 1.84 bits per heavy atom. The largest absolute Gasteiger partial charge is 0.326 e. The first-order valence-electron chi connectivity index (χ1n) is 8.41. The molecule has 0 radical (unpaired) electrons. The van der Waals surface area contributed by atoms with Crippen LogP contribution in [-0.4, -0.2) is 11.7 Å². The van der Waals surface area contributed by atoms with E-state index in [2.05, 4.69) is 31.3 Å². The van der Waals surface area contributed by atoms with Crippen LogP contribution < -0.4 is 5.32 Å². The molecule has 0 fully saturated rings. The lowest BCUT2D eigenvalue weighted by molar-refractivity contribution is -0.115. The minimum Gasteiger partial charge on any atom is -0.326 e. The Hall–Kier alpha value is -1.16. The Balaban J connectivity index is 1.72. The molecule has 0 spiro atoms. The van der Waals surface area contributed by atoms with E-state index in [-0.39, 0.29) is 5.91 Å². The van der Waals surface area contributed by atoms with Crippen LogP contribution in [0.1, 0.15) is 43.7 Å². The Kier molecular flexibility index (Phi) is 8.14. The van der Waals surface area contributed by atoms with Crippen LogP contribution in [-0.2, 0) is 10.5 Å². The summed E-state index contributed by atoms with van der Waals surface area (Å²) in [6.45, 7) is 4.38. The monoisotopic (exact) mass is 395 g/mol. The molecule has 1 N–H and O–H groups in total. The van der Waals surface area contributed by atoms with Crippen molar-refractivity contribution < 1.29 is 4.79 Å². The first-order valence-corrected chi connectivity index (χ1v) is 10.3. The van der Waals surface area contributed by atoms with E-state index in [1.165, 1.54) is 5.56 Å². The number of nitrogens with one attached hydrogen (secondary N) is 1. The molecule has 0 saturated heterocycles. The molecule has 0 saturated carbocycles. The van der Waals surface area contributed by atoms with Crippen LogP contribution in [0.3, 0.4) is 0 Å². The predicted octanol–water partition coefficient (Wildman–Crippen LogP) is 6.77. The maximum absolute atomic E-state index is 12.0. The highest BCUT2D eigenvalue weighted by Gasteiger charge is 2.06. The van der Waals surface area contributed by atoms with E-state index in [1.54, 1.807) is 17.8 Å². The third-order valence-electron chi connectivity index (χ3n) is 4.10. The van der Waals surface area contributed by atoms with Crippen LogP contribution in [0.25, 0.3) is 0 Å². The molecule has 1 amide bonds. The van der Waals surface area contributed by atoms with Gasteiger partial charge in [0.2, 0.25) is 5.91 Å². The van der Waals surface area contributed by atoms with Gasteiger partial charge in [0.05, 0.1) is 10.0 Å². The first-order chi connectivity index (χ1) is 12.0. The second-order valence-electron chi connectivity index (χ2n) is 6.03. The van der Waals surface area contributed by atoms with Gasteiger partial charge in [-0.05, 0) is 47.7 Å². The molecule has 134 valence electrons. The summed E-state index contributed by atoms with van der Waals surface area (Å²) in [6.07, 6.45) is 1.60. The van der Waals surface area contributed by atoms with Crippen LogP contribution in [0.2, 0.25) is 10.0 Å². The van der Waals surface area contributed by atoms with Gasteiger partial charge in [0.25, 0.3) is 0 Å². The van der Waals surface area contributed by atoms with E-state index in [0.717, 1.165) is 29.2 Å². The molecule has 2 aromatic rings. The molecule has 0 unspecified atom stereocenters. The smallest absolute Gasteiger partial charge is 0.225 e. The molecule has 5 heteroatoms. The van der Waals surface area contributed by atoms with Gasteiger partial charge in [-0.1, -0.05) is 55.2 Å². The molecule has 25 heavy (non-hydrogen) atoms. The van der Waals surface area contributed by atoms with E-state index in [1.807, 2.05) is 24.3 Å². The molecule has 0 aliphatic rings. The van der Waals surface area contributed by atoms with E-state index >= 15 is 0 Å². The number of hydrogen-bond acceptors (Lipinski definition) is 2. The molecule has 0 aliphatic heterocycles. The lowest BCUT2D eigenvalue weighted by Crippen LogP contribution is -2.12. The van der Waals surface area contributed by atoms with Crippen LogP contribution in [0.15, 0.2) is 42.5 Å². The van der Waals surface area contributed by atoms with Crippen molar-refractivity contribution in [1.82, 2.24) is 0 Å². The zero-order chi connectivity index (χ0) is 18.2. The van der Waals surface area contributed by atoms with Crippen molar-refractivity contribution in [2.45, 2.75) is 38.4 Å². The lowest BCUT2D eigenvalue weighted by atomic mass is 9.99. The summed E-state index contributed by atoms with van der Waals surface area (Å²) in [6, 6.07) is 13.8. The fourth-order valence-corrected chi connectivity index (χ4v) is 3.55. The Labute approximate surface area is 164 Å². The average Bonchev–Trinajstić information content (AvgIpc) is 2.61. The second-order valence-corrected chi connectivity index (χ2v) is 7.95. The van der Waals surface area contributed by atoms with Crippen molar-refractivity contribution in [2.24, 2.45) is 0 Å². The van der Waals surface area contributed by atoms with E-state index in [4.69, 9.17) is 23.2 Å². The van der Waals surface area contributed by atoms with Crippen molar-refractivity contribution in [3.8, 4) is 0 Å². The highest BCUT2D eigenvalue weighted by atomic mass is 35.5. The van der Waals surface area contributed by atoms with Crippen molar-refractivity contribution in [3.63, 3.8) is 0 Å². The minimum atomic E-state index is 0.0397. The number of carbonyl (C=O) groups excluding carboxylic acids is 1. The maximum atomic E-state index is 12.0. The number of carbonyl (C=O) groups is 1. The van der Waals surface area contributed by atoms with Crippen LogP contribution in [0, 0.1) is 0 Å². The summed E-state index contributed by atoms with van der Waals surface area (Å²) in [4.78, 5) is 12.0. The second kappa shape index (κ2) is 10.1. The molecule has 2 rings (SSSR count). The fourth-order valence-electron chi connectivity index (χ4n) is 2.34. The number of rotatable bonds is 8. The van der Waals surface area contributed by atoms with Gasteiger partial charge in [-0.25, -0.2) is 0 Å². The predicted molar refractivity (Wildman–Crippen MR) is 111 cm³/mol. The fraction of sp³-hybridized carbons (Fsp3) is 0.350.